The minimum Gasteiger partial charge on any atom is -0.346 e. The molecule has 2 aromatic rings. The van der Waals surface area contributed by atoms with Crippen LogP contribution in [0.3, 0.4) is 0 Å². The highest BCUT2D eigenvalue weighted by molar-refractivity contribution is 7.13. The fraction of sp³-hybridized carbons (Fsp3) is 0.500. The number of carbonyl (C=O) groups excluding carboxylic acids is 1. The predicted molar refractivity (Wildman–Crippen MR) is 96.6 cm³/mol. The summed E-state index contributed by atoms with van der Waals surface area (Å²) in [5.74, 6) is 0.645. The lowest BCUT2D eigenvalue weighted by molar-refractivity contribution is 0.0954. The molecule has 3 heterocycles. The van der Waals surface area contributed by atoms with Crippen molar-refractivity contribution in [2.24, 2.45) is 5.92 Å². The fourth-order valence-corrected chi connectivity index (χ4v) is 4.89. The molecule has 0 atom stereocenters. The van der Waals surface area contributed by atoms with Crippen molar-refractivity contribution in [2.45, 2.75) is 32.7 Å². The molecule has 0 spiro atoms. The SMILES string of the molecule is Cc1nc(CC2CCNCC2)sc1C(=O)NCc1cc(Cl)cs1. The average Bonchev–Trinajstić information content (AvgIpc) is 3.12. The molecule has 0 saturated carbocycles. The molecule has 0 bridgehead atoms. The van der Waals surface area contributed by atoms with Gasteiger partial charge in [0.15, 0.2) is 0 Å². The number of piperidine rings is 1. The van der Waals surface area contributed by atoms with Crippen molar-refractivity contribution in [1.82, 2.24) is 15.6 Å². The Kier molecular flexibility index (Phi) is 5.69. The van der Waals surface area contributed by atoms with Gasteiger partial charge in [-0.15, -0.1) is 22.7 Å². The maximum Gasteiger partial charge on any atom is 0.263 e. The fourth-order valence-electron chi connectivity index (χ4n) is 2.78. The number of rotatable bonds is 5. The molecule has 3 rings (SSSR count). The Labute approximate surface area is 149 Å². The van der Waals surface area contributed by atoms with E-state index in [0.717, 1.165) is 45.0 Å². The highest BCUT2D eigenvalue weighted by Gasteiger charge is 2.19. The summed E-state index contributed by atoms with van der Waals surface area (Å²) in [6.45, 7) is 4.61. The number of nitrogens with one attached hydrogen (secondary N) is 2. The maximum atomic E-state index is 12.4. The number of aromatic nitrogens is 1. The Bertz CT molecular complexity index is 677. The van der Waals surface area contributed by atoms with E-state index in [4.69, 9.17) is 11.6 Å². The van der Waals surface area contributed by atoms with E-state index in [1.165, 1.54) is 24.2 Å². The van der Waals surface area contributed by atoms with Crippen molar-refractivity contribution >= 4 is 40.2 Å². The summed E-state index contributed by atoms with van der Waals surface area (Å²) < 4.78 is 0. The lowest BCUT2D eigenvalue weighted by Gasteiger charge is -2.21. The molecule has 1 amide bonds. The first kappa shape index (κ1) is 16.9. The Morgan fingerprint density at radius 3 is 2.96 bits per heavy atom. The Hall–Kier alpha value is -0.950. The third-order valence-electron chi connectivity index (χ3n) is 4.01. The van der Waals surface area contributed by atoms with E-state index in [2.05, 4.69) is 15.6 Å². The van der Waals surface area contributed by atoms with Gasteiger partial charge in [0.2, 0.25) is 0 Å². The molecule has 23 heavy (non-hydrogen) atoms. The number of amides is 1. The summed E-state index contributed by atoms with van der Waals surface area (Å²) in [6.07, 6.45) is 3.37. The normalized spacial score (nSPS) is 15.7. The van der Waals surface area contributed by atoms with Gasteiger partial charge in [-0.05, 0) is 44.8 Å². The van der Waals surface area contributed by atoms with E-state index in [0.29, 0.717) is 12.5 Å². The van der Waals surface area contributed by atoms with Crippen molar-refractivity contribution in [2.75, 3.05) is 13.1 Å². The molecule has 0 radical (unpaired) electrons. The smallest absolute Gasteiger partial charge is 0.263 e. The summed E-state index contributed by atoms with van der Waals surface area (Å²) in [7, 11) is 0. The first-order chi connectivity index (χ1) is 11.1. The van der Waals surface area contributed by atoms with Gasteiger partial charge in [-0.25, -0.2) is 4.98 Å². The zero-order valence-electron chi connectivity index (χ0n) is 13.0. The van der Waals surface area contributed by atoms with Crippen LogP contribution >= 0.6 is 34.3 Å². The molecule has 1 aliphatic heterocycles. The maximum absolute atomic E-state index is 12.4. The lowest BCUT2D eigenvalue weighted by atomic mass is 9.95. The molecule has 124 valence electrons. The topological polar surface area (TPSA) is 54.0 Å². The van der Waals surface area contributed by atoms with Gasteiger partial charge >= 0.3 is 0 Å². The van der Waals surface area contributed by atoms with E-state index in [1.807, 2.05) is 18.4 Å². The first-order valence-electron chi connectivity index (χ1n) is 7.80. The highest BCUT2D eigenvalue weighted by atomic mass is 35.5. The number of thiazole rings is 1. The standard InChI is InChI=1S/C16H20ClN3OS2/c1-10-15(16(21)19-8-13-7-12(17)9-22-13)23-14(20-10)6-11-2-4-18-5-3-11/h7,9,11,18H,2-6,8H2,1H3,(H,19,21). The number of nitrogens with zero attached hydrogens (tertiary/aromatic N) is 1. The number of hydrogen-bond donors (Lipinski definition) is 2. The first-order valence-corrected chi connectivity index (χ1v) is 9.87. The molecule has 0 aliphatic carbocycles. The van der Waals surface area contributed by atoms with Crippen LogP contribution in [-0.4, -0.2) is 24.0 Å². The van der Waals surface area contributed by atoms with Crippen LogP contribution in [0, 0.1) is 12.8 Å². The zero-order chi connectivity index (χ0) is 16.2. The molecular formula is C16H20ClN3OS2. The van der Waals surface area contributed by atoms with E-state index in [9.17, 15) is 4.79 Å². The summed E-state index contributed by atoms with van der Waals surface area (Å²) in [6, 6.07) is 1.88. The molecule has 2 N–H and O–H groups in total. The molecule has 4 nitrogen and oxygen atoms in total. The van der Waals surface area contributed by atoms with Crippen LogP contribution in [0.15, 0.2) is 11.4 Å². The van der Waals surface area contributed by atoms with E-state index >= 15 is 0 Å². The summed E-state index contributed by atoms with van der Waals surface area (Å²) in [4.78, 5) is 18.8. The average molecular weight is 370 g/mol. The van der Waals surface area contributed by atoms with Crippen molar-refractivity contribution in [3.63, 3.8) is 0 Å². The third kappa shape index (κ3) is 4.53. The third-order valence-corrected chi connectivity index (χ3v) is 6.48. The summed E-state index contributed by atoms with van der Waals surface area (Å²) in [5.41, 5.74) is 0.834. The van der Waals surface area contributed by atoms with Gasteiger partial charge in [-0.3, -0.25) is 4.79 Å². The summed E-state index contributed by atoms with van der Waals surface area (Å²) >= 11 is 8.99. The number of aryl methyl sites for hydroxylation is 1. The van der Waals surface area contributed by atoms with Crippen LogP contribution in [-0.2, 0) is 13.0 Å². The number of thiophene rings is 1. The molecule has 7 heteroatoms. The molecule has 1 aliphatic rings. The van der Waals surface area contributed by atoms with E-state index in [1.54, 1.807) is 11.3 Å². The lowest BCUT2D eigenvalue weighted by Crippen LogP contribution is -2.28. The zero-order valence-corrected chi connectivity index (χ0v) is 15.4. The minimum atomic E-state index is -0.0407. The van der Waals surface area contributed by atoms with Gasteiger partial charge in [0.05, 0.1) is 22.3 Å². The molecule has 1 fully saturated rings. The molecule has 1 saturated heterocycles. The van der Waals surface area contributed by atoms with Gasteiger partial charge in [-0.1, -0.05) is 11.6 Å². The molecule has 2 aromatic heterocycles. The van der Waals surface area contributed by atoms with Gasteiger partial charge in [-0.2, -0.15) is 0 Å². The van der Waals surface area contributed by atoms with Crippen LogP contribution in [0.25, 0.3) is 0 Å². The second-order valence-electron chi connectivity index (χ2n) is 5.83. The monoisotopic (exact) mass is 369 g/mol. The Morgan fingerprint density at radius 2 is 2.26 bits per heavy atom. The number of hydrogen-bond acceptors (Lipinski definition) is 5. The van der Waals surface area contributed by atoms with Gasteiger partial charge < -0.3 is 10.6 Å². The molecular weight excluding hydrogens is 350 g/mol. The Balaban J connectivity index is 1.59. The molecule has 0 unspecified atom stereocenters. The van der Waals surface area contributed by atoms with Crippen molar-refractivity contribution in [1.29, 1.82) is 0 Å². The number of carbonyl (C=O) groups is 1. The van der Waals surface area contributed by atoms with Crippen LogP contribution in [0.2, 0.25) is 5.02 Å². The van der Waals surface area contributed by atoms with Crippen molar-refractivity contribution in [3.8, 4) is 0 Å². The van der Waals surface area contributed by atoms with Crippen LogP contribution < -0.4 is 10.6 Å². The summed E-state index contributed by atoms with van der Waals surface area (Å²) in [5, 5.41) is 10.0. The Morgan fingerprint density at radius 1 is 1.48 bits per heavy atom. The highest BCUT2D eigenvalue weighted by Crippen LogP contribution is 2.24. The van der Waals surface area contributed by atoms with Gasteiger partial charge in [0.1, 0.15) is 4.88 Å². The predicted octanol–water partition coefficient (Wildman–Crippen LogP) is 3.64. The van der Waals surface area contributed by atoms with E-state index < -0.39 is 0 Å². The van der Waals surface area contributed by atoms with E-state index in [-0.39, 0.29) is 5.91 Å². The van der Waals surface area contributed by atoms with Crippen molar-refractivity contribution < 1.29 is 4.79 Å². The quantitative estimate of drug-likeness (QED) is 0.846. The minimum absolute atomic E-state index is 0.0407. The van der Waals surface area contributed by atoms with Gasteiger partial charge in [0, 0.05) is 16.7 Å². The van der Waals surface area contributed by atoms with Crippen LogP contribution in [0.5, 0.6) is 0 Å². The second-order valence-corrected chi connectivity index (χ2v) is 8.35. The van der Waals surface area contributed by atoms with Gasteiger partial charge in [0.25, 0.3) is 5.91 Å². The van der Waals surface area contributed by atoms with Crippen molar-refractivity contribution in [3.05, 3.63) is 36.9 Å². The van der Waals surface area contributed by atoms with Crippen LogP contribution in [0.1, 0.15) is 38.1 Å². The molecule has 0 aromatic carbocycles. The second kappa shape index (κ2) is 7.75. The van der Waals surface area contributed by atoms with Crippen LogP contribution in [0.4, 0.5) is 0 Å². The number of halogens is 1. The largest absolute Gasteiger partial charge is 0.346 e.